The van der Waals surface area contributed by atoms with Crippen molar-refractivity contribution in [3.8, 4) is 11.5 Å². The molecule has 0 aromatic heterocycles. The molecule has 0 atom stereocenters. The lowest BCUT2D eigenvalue weighted by Gasteiger charge is -2.11. The van der Waals surface area contributed by atoms with Gasteiger partial charge in [0.2, 0.25) is 0 Å². The quantitative estimate of drug-likeness (QED) is 0.757. The summed E-state index contributed by atoms with van der Waals surface area (Å²) in [4.78, 5) is 0. The highest BCUT2D eigenvalue weighted by Gasteiger charge is 2.11. The zero-order valence-electron chi connectivity index (χ0n) is 9.75. The number of nitrogens with two attached hydrogens (primary N) is 1. The smallest absolute Gasteiger partial charge is 0.133 e. The number of ether oxygens (including phenoxy) is 2. The van der Waals surface area contributed by atoms with E-state index in [-0.39, 0.29) is 5.82 Å². The SMILES string of the molecule is COc1cc(F)c(CCCCN)c(OC)c1. The first kappa shape index (κ1) is 12.8. The minimum absolute atomic E-state index is 0.284. The Morgan fingerprint density at radius 1 is 1.19 bits per heavy atom. The van der Waals surface area contributed by atoms with Gasteiger partial charge >= 0.3 is 0 Å². The van der Waals surface area contributed by atoms with Crippen molar-refractivity contribution in [2.45, 2.75) is 19.3 Å². The summed E-state index contributed by atoms with van der Waals surface area (Å²) in [5.74, 6) is 0.721. The average molecular weight is 227 g/mol. The Bertz CT molecular complexity index is 342. The summed E-state index contributed by atoms with van der Waals surface area (Å²) in [5.41, 5.74) is 6.00. The molecule has 0 aliphatic rings. The molecule has 0 aliphatic heterocycles. The molecule has 0 heterocycles. The van der Waals surface area contributed by atoms with E-state index in [0.717, 1.165) is 12.8 Å². The molecular formula is C12H18FNO2. The number of halogens is 1. The van der Waals surface area contributed by atoms with Crippen molar-refractivity contribution >= 4 is 0 Å². The largest absolute Gasteiger partial charge is 0.497 e. The Kier molecular flexibility index (Phi) is 5.05. The highest BCUT2D eigenvalue weighted by molar-refractivity contribution is 5.42. The predicted octanol–water partition coefficient (Wildman–Crippen LogP) is 2.12. The van der Waals surface area contributed by atoms with E-state index in [4.69, 9.17) is 15.2 Å². The Hall–Kier alpha value is -1.29. The zero-order chi connectivity index (χ0) is 12.0. The Labute approximate surface area is 95.4 Å². The molecule has 4 heteroatoms. The number of hydrogen-bond acceptors (Lipinski definition) is 3. The number of hydrogen-bond donors (Lipinski definition) is 1. The van der Waals surface area contributed by atoms with Crippen LogP contribution in [0.1, 0.15) is 18.4 Å². The maximum Gasteiger partial charge on any atom is 0.133 e. The predicted molar refractivity (Wildman–Crippen MR) is 61.5 cm³/mol. The Morgan fingerprint density at radius 3 is 2.50 bits per heavy atom. The van der Waals surface area contributed by atoms with E-state index in [2.05, 4.69) is 0 Å². The van der Waals surface area contributed by atoms with Crippen molar-refractivity contribution in [3.63, 3.8) is 0 Å². The second-order valence-corrected chi connectivity index (χ2v) is 3.54. The molecule has 0 fully saturated rings. The number of rotatable bonds is 6. The number of unbranched alkanes of at least 4 members (excludes halogenated alkanes) is 1. The summed E-state index contributed by atoms with van der Waals surface area (Å²) in [7, 11) is 3.03. The minimum atomic E-state index is -0.284. The first-order valence-electron chi connectivity index (χ1n) is 5.33. The molecule has 0 saturated heterocycles. The van der Waals surface area contributed by atoms with E-state index in [1.807, 2.05) is 0 Å². The highest BCUT2D eigenvalue weighted by atomic mass is 19.1. The monoisotopic (exact) mass is 227 g/mol. The third kappa shape index (κ3) is 3.10. The summed E-state index contributed by atoms with van der Waals surface area (Å²) < 4.78 is 23.8. The fourth-order valence-electron chi connectivity index (χ4n) is 1.58. The lowest BCUT2D eigenvalue weighted by molar-refractivity contribution is 0.383. The average Bonchev–Trinajstić information content (AvgIpc) is 2.30. The van der Waals surface area contributed by atoms with Gasteiger partial charge in [-0.25, -0.2) is 4.39 Å². The van der Waals surface area contributed by atoms with Crippen LogP contribution in [0.25, 0.3) is 0 Å². The van der Waals surface area contributed by atoms with Crippen LogP contribution in [0.5, 0.6) is 11.5 Å². The third-order valence-electron chi connectivity index (χ3n) is 2.46. The van der Waals surface area contributed by atoms with Crippen LogP contribution in [0.4, 0.5) is 4.39 Å². The summed E-state index contributed by atoms with van der Waals surface area (Å²) >= 11 is 0. The van der Waals surface area contributed by atoms with Crippen LogP contribution in [0, 0.1) is 5.82 Å². The van der Waals surface area contributed by atoms with Crippen LogP contribution in [-0.2, 0) is 6.42 Å². The van der Waals surface area contributed by atoms with Gasteiger partial charge in [-0.2, -0.15) is 0 Å². The van der Waals surface area contributed by atoms with Gasteiger partial charge < -0.3 is 15.2 Å². The van der Waals surface area contributed by atoms with E-state index >= 15 is 0 Å². The molecule has 1 rings (SSSR count). The van der Waals surface area contributed by atoms with E-state index < -0.39 is 0 Å². The van der Waals surface area contributed by atoms with E-state index in [1.165, 1.54) is 20.3 Å². The topological polar surface area (TPSA) is 44.5 Å². The van der Waals surface area contributed by atoms with Gasteiger partial charge in [0.25, 0.3) is 0 Å². The van der Waals surface area contributed by atoms with Gasteiger partial charge in [0.05, 0.1) is 14.2 Å². The van der Waals surface area contributed by atoms with Gasteiger partial charge in [0.15, 0.2) is 0 Å². The molecule has 0 amide bonds. The molecule has 0 saturated carbocycles. The third-order valence-corrected chi connectivity index (χ3v) is 2.46. The number of benzene rings is 1. The van der Waals surface area contributed by atoms with Crippen LogP contribution in [-0.4, -0.2) is 20.8 Å². The van der Waals surface area contributed by atoms with Gasteiger partial charge in [-0.3, -0.25) is 0 Å². The summed E-state index contributed by atoms with van der Waals surface area (Å²) in [6, 6.07) is 3.07. The molecule has 90 valence electrons. The van der Waals surface area contributed by atoms with Crippen LogP contribution < -0.4 is 15.2 Å². The lowest BCUT2D eigenvalue weighted by Crippen LogP contribution is -2.02. The Morgan fingerprint density at radius 2 is 1.94 bits per heavy atom. The van der Waals surface area contributed by atoms with Crippen molar-refractivity contribution in [1.82, 2.24) is 0 Å². The van der Waals surface area contributed by atoms with Crippen molar-refractivity contribution in [2.75, 3.05) is 20.8 Å². The van der Waals surface area contributed by atoms with Crippen LogP contribution in [0.15, 0.2) is 12.1 Å². The molecule has 1 aromatic rings. The van der Waals surface area contributed by atoms with Crippen molar-refractivity contribution in [2.24, 2.45) is 5.73 Å². The van der Waals surface area contributed by atoms with Gasteiger partial charge in [0, 0.05) is 17.7 Å². The first-order valence-corrected chi connectivity index (χ1v) is 5.33. The molecule has 0 bridgehead atoms. The van der Waals surface area contributed by atoms with Gasteiger partial charge in [-0.15, -0.1) is 0 Å². The fraction of sp³-hybridized carbons (Fsp3) is 0.500. The lowest BCUT2D eigenvalue weighted by atomic mass is 10.1. The van der Waals surface area contributed by atoms with E-state index in [0.29, 0.717) is 30.0 Å². The molecule has 16 heavy (non-hydrogen) atoms. The van der Waals surface area contributed by atoms with Crippen molar-refractivity contribution in [1.29, 1.82) is 0 Å². The molecule has 0 radical (unpaired) electrons. The first-order chi connectivity index (χ1) is 7.72. The maximum atomic E-state index is 13.7. The summed E-state index contributed by atoms with van der Waals surface area (Å²) in [5, 5.41) is 0. The van der Waals surface area contributed by atoms with Crippen molar-refractivity contribution in [3.05, 3.63) is 23.5 Å². The zero-order valence-corrected chi connectivity index (χ0v) is 9.75. The van der Waals surface area contributed by atoms with Gasteiger partial charge in [0.1, 0.15) is 17.3 Å². The highest BCUT2D eigenvalue weighted by Crippen LogP contribution is 2.28. The number of methoxy groups -OCH3 is 2. The van der Waals surface area contributed by atoms with Crippen molar-refractivity contribution < 1.29 is 13.9 Å². The second kappa shape index (κ2) is 6.33. The molecule has 0 spiro atoms. The summed E-state index contributed by atoms with van der Waals surface area (Å²) in [6.45, 7) is 0.625. The second-order valence-electron chi connectivity index (χ2n) is 3.54. The summed E-state index contributed by atoms with van der Waals surface area (Å²) in [6.07, 6.45) is 2.38. The maximum absolute atomic E-state index is 13.7. The molecule has 3 nitrogen and oxygen atoms in total. The van der Waals surface area contributed by atoms with Crippen LogP contribution in [0.2, 0.25) is 0 Å². The fourth-order valence-corrected chi connectivity index (χ4v) is 1.58. The standard InChI is InChI=1S/C12H18FNO2/c1-15-9-7-11(13)10(5-3-4-6-14)12(8-9)16-2/h7-8H,3-6,14H2,1-2H3. The Balaban J connectivity index is 2.88. The molecule has 0 unspecified atom stereocenters. The van der Waals surface area contributed by atoms with Gasteiger partial charge in [-0.1, -0.05) is 0 Å². The molecular weight excluding hydrogens is 209 g/mol. The minimum Gasteiger partial charge on any atom is -0.497 e. The van der Waals surface area contributed by atoms with E-state index in [9.17, 15) is 4.39 Å². The van der Waals surface area contributed by atoms with Crippen LogP contribution in [0.3, 0.4) is 0 Å². The molecule has 2 N–H and O–H groups in total. The molecule has 1 aromatic carbocycles. The van der Waals surface area contributed by atoms with Crippen LogP contribution >= 0.6 is 0 Å². The van der Waals surface area contributed by atoms with Gasteiger partial charge in [-0.05, 0) is 25.8 Å². The molecule has 0 aliphatic carbocycles. The normalized spacial score (nSPS) is 10.2. The van der Waals surface area contributed by atoms with E-state index in [1.54, 1.807) is 6.07 Å².